The Morgan fingerprint density at radius 2 is 1.83 bits per heavy atom. The van der Waals surface area contributed by atoms with E-state index in [0.29, 0.717) is 19.0 Å². The first-order chi connectivity index (χ1) is 14.3. The van der Waals surface area contributed by atoms with Gasteiger partial charge in [-0.25, -0.2) is 4.79 Å². The number of nitrogens with zero attached hydrogens (tertiary/aromatic N) is 1. The van der Waals surface area contributed by atoms with E-state index in [1.165, 1.54) is 0 Å². The van der Waals surface area contributed by atoms with Crippen LogP contribution in [0.3, 0.4) is 0 Å². The van der Waals surface area contributed by atoms with Gasteiger partial charge in [0.25, 0.3) is 0 Å². The maximum Gasteiger partial charge on any atom is 0.407 e. The number of hydrogen-bond acceptors (Lipinski definition) is 5. The first-order valence-electron chi connectivity index (χ1n) is 11.1. The van der Waals surface area contributed by atoms with Crippen molar-refractivity contribution in [1.82, 2.24) is 16.0 Å². The van der Waals surface area contributed by atoms with E-state index in [0.717, 1.165) is 44.5 Å². The third kappa shape index (κ3) is 6.62. The van der Waals surface area contributed by atoms with Crippen LogP contribution in [0.15, 0.2) is 30.3 Å². The Hall–Kier alpha value is -2.28. The summed E-state index contributed by atoms with van der Waals surface area (Å²) in [6.07, 6.45) is 3.48. The van der Waals surface area contributed by atoms with Gasteiger partial charge in [-0.15, -0.1) is 0 Å². The molecule has 7 nitrogen and oxygen atoms in total. The number of para-hydroxylation sites is 1. The van der Waals surface area contributed by atoms with Crippen molar-refractivity contribution in [2.75, 3.05) is 31.1 Å². The number of rotatable bonds is 5. The molecular formula is C23H36N4O3. The lowest BCUT2D eigenvalue weighted by molar-refractivity contribution is -0.122. The second-order valence-corrected chi connectivity index (χ2v) is 9.36. The van der Waals surface area contributed by atoms with E-state index in [4.69, 9.17) is 4.74 Å². The van der Waals surface area contributed by atoms with Crippen LogP contribution < -0.4 is 20.9 Å². The zero-order chi connectivity index (χ0) is 21.6. The molecule has 0 spiro atoms. The first-order valence-corrected chi connectivity index (χ1v) is 11.1. The van der Waals surface area contributed by atoms with Gasteiger partial charge in [-0.05, 0) is 64.5 Å². The molecule has 1 saturated carbocycles. The van der Waals surface area contributed by atoms with E-state index in [1.807, 2.05) is 39.0 Å². The lowest BCUT2D eigenvalue weighted by Crippen LogP contribution is -2.58. The van der Waals surface area contributed by atoms with Crippen molar-refractivity contribution in [3.63, 3.8) is 0 Å². The molecule has 2 fully saturated rings. The number of alkyl carbamates (subject to hydrolysis) is 1. The third-order valence-electron chi connectivity index (χ3n) is 5.77. The Morgan fingerprint density at radius 3 is 2.50 bits per heavy atom. The Balaban J connectivity index is 1.42. The van der Waals surface area contributed by atoms with E-state index >= 15 is 0 Å². The smallest absolute Gasteiger partial charge is 0.407 e. The summed E-state index contributed by atoms with van der Waals surface area (Å²) in [5.74, 6) is 0.535. The van der Waals surface area contributed by atoms with Gasteiger partial charge in [-0.3, -0.25) is 4.79 Å². The number of benzene rings is 1. The largest absolute Gasteiger partial charge is 0.444 e. The third-order valence-corrected chi connectivity index (χ3v) is 5.77. The Kier molecular flexibility index (Phi) is 7.58. The summed E-state index contributed by atoms with van der Waals surface area (Å²) in [5, 5.41) is 9.49. The number of anilines is 1. The number of carbonyl (C=O) groups excluding carboxylic acids is 2. The monoisotopic (exact) mass is 416 g/mol. The number of amides is 2. The molecule has 1 aliphatic heterocycles. The highest BCUT2D eigenvalue weighted by Crippen LogP contribution is 2.24. The van der Waals surface area contributed by atoms with Gasteiger partial charge in [0.2, 0.25) is 5.91 Å². The van der Waals surface area contributed by atoms with Gasteiger partial charge in [0.05, 0.1) is 0 Å². The van der Waals surface area contributed by atoms with Crippen LogP contribution >= 0.6 is 0 Å². The number of hydrogen-bond donors (Lipinski definition) is 3. The number of piperazine rings is 1. The van der Waals surface area contributed by atoms with Crippen LogP contribution in [0.5, 0.6) is 0 Å². The molecular weight excluding hydrogens is 380 g/mol. The maximum absolute atomic E-state index is 12.9. The van der Waals surface area contributed by atoms with Crippen molar-refractivity contribution in [3.8, 4) is 0 Å². The van der Waals surface area contributed by atoms with Crippen LogP contribution in [0.4, 0.5) is 10.5 Å². The number of nitrogens with one attached hydrogen (secondary N) is 3. The minimum absolute atomic E-state index is 0.0834. The molecule has 30 heavy (non-hydrogen) atoms. The second kappa shape index (κ2) is 10.2. The van der Waals surface area contributed by atoms with Crippen molar-refractivity contribution >= 4 is 17.7 Å². The Morgan fingerprint density at radius 1 is 1.13 bits per heavy atom. The van der Waals surface area contributed by atoms with Crippen LogP contribution in [0.25, 0.3) is 0 Å². The minimum Gasteiger partial charge on any atom is -0.444 e. The van der Waals surface area contributed by atoms with E-state index in [2.05, 4.69) is 33.0 Å². The quantitative estimate of drug-likeness (QED) is 0.687. The number of ether oxygens (including phenoxy) is 1. The molecule has 0 bridgehead atoms. The molecule has 1 aromatic carbocycles. The standard InChI is InChI=1S/C23H36N4O3/c1-23(2,3)30-22(29)26-18-11-9-17(10-12-18)15-25-21(28)20-16-24-13-14-27(20)19-7-5-4-6-8-19/h4-8,17-18,20,24H,9-16H2,1-3H3,(H,25,28)(H,26,29). The highest BCUT2D eigenvalue weighted by Gasteiger charge is 2.30. The molecule has 0 aromatic heterocycles. The van der Waals surface area contributed by atoms with Crippen LogP contribution in [-0.4, -0.2) is 55.9 Å². The summed E-state index contributed by atoms with van der Waals surface area (Å²) in [6.45, 7) is 8.66. The lowest BCUT2D eigenvalue weighted by Gasteiger charge is -2.37. The minimum atomic E-state index is -0.479. The average Bonchev–Trinajstić information content (AvgIpc) is 2.72. The normalized spacial score (nSPS) is 24.8. The molecule has 0 radical (unpaired) electrons. The van der Waals surface area contributed by atoms with Gasteiger partial charge in [-0.2, -0.15) is 0 Å². The summed E-state index contributed by atoms with van der Waals surface area (Å²) in [6, 6.07) is 10.1. The van der Waals surface area contributed by atoms with E-state index < -0.39 is 5.60 Å². The second-order valence-electron chi connectivity index (χ2n) is 9.36. The summed E-state index contributed by atoms with van der Waals surface area (Å²) in [7, 11) is 0. The molecule has 1 saturated heterocycles. The molecule has 1 unspecified atom stereocenters. The van der Waals surface area contributed by atoms with E-state index in [-0.39, 0.29) is 24.1 Å². The zero-order valence-corrected chi connectivity index (χ0v) is 18.4. The van der Waals surface area contributed by atoms with Crippen LogP contribution in [0, 0.1) is 5.92 Å². The molecule has 2 amide bonds. The van der Waals surface area contributed by atoms with Crippen molar-refractivity contribution in [1.29, 1.82) is 0 Å². The van der Waals surface area contributed by atoms with Crippen molar-refractivity contribution < 1.29 is 14.3 Å². The molecule has 1 aliphatic carbocycles. The maximum atomic E-state index is 12.9. The molecule has 1 heterocycles. The fraction of sp³-hybridized carbons (Fsp3) is 0.652. The van der Waals surface area contributed by atoms with Crippen molar-refractivity contribution in [2.45, 2.75) is 64.1 Å². The average molecular weight is 417 g/mol. The molecule has 2 aliphatic rings. The fourth-order valence-corrected chi connectivity index (χ4v) is 4.21. The Labute approximate surface area is 179 Å². The summed E-state index contributed by atoms with van der Waals surface area (Å²) < 4.78 is 5.34. The number of carbonyl (C=O) groups is 2. The van der Waals surface area contributed by atoms with E-state index in [1.54, 1.807) is 0 Å². The van der Waals surface area contributed by atoms with Crippen molar-refractivity contribution in [2.24, 2.45) is 5.92 Å². The predicted molar refractivity (Wildman–Crippen MR) is 119 cm³/mol. The van der Waals surface area contributed by atoms with E-state index in [9.17, 15) is 9.59 Å². The summed E-state index contributed by atoms with van der Waals surface area (Å²) in [4.78, 5) is 27.0. The molecule has 3 N–H and O–H groups in total. The topological polar surface area (TPSA) is 82.7 Å². The van der Waals surface area contributed by atoms with Gasteiger partial charge in [0, 0.05) is 37.9 Å². The highest BCUT2D eigenvalue weighted by atomic mass is 16.6. The summed E-state index contributed by atoms with van der Waals surface area (Å²) in [5.41, 5.74) is 0.612. The predicted octanol–water partition coefficient (Wildman–Crippen LogP) is 2.66. The first kappa shape index (κ1) is 22.4. The fourth-order valence-electron chi connectivity index (χ4n) is 4.21. The van der Waals surface area contributed by atoms with Crippen molar-refractivity contribution in [3.05, 3.63) is 30.3 Å². The summed E-state index contributed by atoms with van der Waals surface area (Å²) >= 11 is 0. The van der Waals surface area contributed by atoms with Gasteiger partial charge < -0.3 is 25.6 Å². The van der Waals surface area contributed by atoms with Gasteiger partial charge in [0.15, 0.2) is 0 Å². The molecule has 1 aromatic rings. The van der Waals surface area contributed by atoms with Crippen LogP contribution in [0.1, 0.15) is 46.5 Å². The van der Waals surface area contributed by atoms with Gasteiger partial charge in [0.1, 0.15) is 11.6 Å². The Bertz CT molecular complexity index is 696. The zero-order valence-electron chi connectivity index (χ0n) is 18.4. The molecule has 7 heteroatoms. The van der Waals surface area contributed by atoms with Crippen LogP contribution in [-0.2, 0) is 9.53 Å². The molecule has 166 valence electrons. The highest BCUT2D eigenvalue weighted by molar-refractivity contribution is 5.85. The van der Waals surface area contributed by atoms with Gasteiger partial charge >= 0.3 is 6.09 Å². The SMILES string of the molecule is CC(C)(C)OC(=O)NC1CCC(CNC(=O)C2CNCCN2c2ccccc2)CC1. The lowest BCUT2D eigenvalue weighted by atomic mass is 9.86. The van der Waals surface area contributed by atoms with Crippen LogP contribution in [0.2, 0.25) is 0 Å². The molecule has 1 atom stereocenters. The molecule has 3 rings (SSSR count). The van der Waals surface area contributed by atoms with Gasteiger partial charge in [-0.1, -0.05) is 18.2 Å².